The van der Waals surface area contributed by atoms with Crippen LogP contribution in [0.25, 0.3) is 22.3 Å². The molecule has 0 saturated carbocycles. The molecule has 11 heteroatoms. The van der Waals surface area contributed by atoms with E-state index in [0.29, 0.717) is 18.5 Å². The van der Waals surface area contributed by atoms with Crippen LogP contribution >= 0.6 is 11.8 Å². The van der Waals surface area contributed by atoms with Crippen molar-refractivity contribution in [2.24, 2.45) is 5.73 Å². The second-order valence-electron chi connectivity index (χ2n) is 11.0. The molecule has 0 aliphatic carbocycles. The van der Waals surface area contributed by atoms with E-state index in [1.807, 2.05) is 38.0 Å². The lowest BCUT2D eigenvalue weighted by Crippen LogP contribution is -2.60. The first-order valence-electron chi connectivity index (χ1n) is 13.4. The number of hydrogen-bond donors (Lipinski definition) is 2. The molecule has 3 aromatic rings. The number of piperazine rings is 1. The minimum absolute atomic E-state index is 0.265. The van der Waals surface area contributed by atoms with E-state index < -0.39 is 5.54 Å². The summed E-state index contributed by atoms with van der Waals surface area (Å²) in [5, 5.41) is 1.51. The van der Waals surface area contributed by atoms with Crippen LogP contribution in [0.2, 0.25) is 0 Å². The summed E-state index contributed by atoms with van der Waals surface area (Å²) in [5.74, 6) is 1.50. The van der Waals surface area contributed by atoms with E-state index in [1.165, 1.54) is 4.90 Å². The molecule has 1 unspecified atom stereocenters. The quantitative estimate of drug-likeness (QED) is 0.488. The van der Waals surface area contributed by atoms with Crippen molar-refractivity contribution in [3.8, 4) is 11.4 Å². The van der Waals surface area contributed by atoms with E-state index in [-0.39, 0.29) is 5.91 Å². The summed E-state index contributed by atoms with van der Waals surface area (Å²) < 4.78 is 5.64. The summed E-state index contributed by atoms with van der Waals surface area (Å²) >= 11 is 1.91. The van der Waals surface area contributed by atoms with E-state index in [1.54, 1.807) is 0 Å². The second-order valence-corrected chi connectivity index (χ2v) is 12.3. The Labute approximate surface area is 227 Å². The Kier molecular flexibility index (Phi) is 6.79. The highest BCUT2D eigenvalue weighted by Gasteiger charge is 2.36. The third kappa shape index (κ3) is 4.76. The number of morpholine rings is 1. The Morgan fingerprint density at radius 3 is 2.66 bits per heavy atom. The van der Waals surface area contributed by atoms with E-state index in [0.717, 1.165) is 91.7 Å². The maximum Gasteiger partial charge on any atom is 0.237 e. The fraction of sp³-hybridized carbons (Fsp3) is 0.556. The molecule has 0 aromatic carbocycles. The molecule has 10 nitrogen and oxygen atoms in total. The normalized spacial score (nSPS) is 21.2. The Morgan fingerprint density at radius 2 is 1.92 bits per heavy atom. The number of nitrogens with two attached hydrogens (primary N) is 1. The first kappa shape index (κ1) is 25.5. The van der Waals surface area contributed by atoms with Gasteiger partial charge in [0.25, 0.3) is 0 Å². The number of rotatable bonds is 6. The number of nitrogens with zero attached hydrogens (tertiary/aromatic N) is 6. The SMILES string of the molecule is Cc1cc2c(-c3nc4c(c(N5CCOCC5)n3)SC(CN3CCN(C(C)(C)C(N)=O)CC3)C4)cncc2[nH]1. The van der Waals surface area contributed by atoms with Gasteiger partial charge in [0, 0.05) is 80.3 Å². The molecule has 0 spiro atoms. The van der Waals surface area contributed by atoms with Crippen LogP contribution in [0.15, 0.2) is 23.4 Å². The molecule has 38 heavy (non-hydrogen) atoms. The Morgan fingerprint density at radius 1 is 1.16 bits per heavy atom. The average molecular weight is 537 g/mol. The molecule has 1 atom stereocenters. The van der Waals surface area contributed by atoms with Crippen molar-refractivity contribution >= 4 is 34.4 Å². The number of H-pyrrole nitrogens is 1. The molecule has 3 aliphatic heterocycles. The maximum atomic E-state index is 11.9. The van der Waals surface area contributed by atoms with Crippen molar-refractivity contribution in [2.45, 2.75) is 42.9 Å². The zero-order valence-corrected chi connectivity index (χ0v) is 23.2. The van der Waals surface area contributed by atoms with Crippen molar-refractivity contribution in [1.29, 1.82) is 0 Å². The largest absolute Gasteiger partial charge is 0.378 e. The molecule has 6 rings (SSSR count). The predicted octanol–water partition coefficient (Wildman–Crippen LogP) is 2.06. The van der Waals surface area contributed by atoms with Gasteiger partial charge in [-0.05, 0) is 26.8 Å². The summed E-state index contributed by atoms with van der Waals surface area (Å²) in [6.07, 6.45) is 4.65. The number of pyridine rings is 1. The number of ether oxygens (including phenoxy) is 1. The van der Waals surface area contributed by atoms with Crippen LogP contribution in [0.1, 0.15) is 25.2 Å². The fourth-order valence-corrected chi connectivity index (χ4v) is 7.09. The first-order valence-corrected chi connectivity index (χ1v) is 14.3. The van der Waals surface area contributed by atoms with Gasteiger partial charge in [0.1, 0.15) is 5.82 Å². The van der Waals surface area contributed by atoms with Gasteiger partial charge in [0.2, 0.25) is 5.91 Å². The average Bonchev–Trinajstić information content (AvgIpc) is 3.50. The molecule has 6 heterocycles. The highest BCUT2D eigenvalue weighted by molar-refractivity contribution is 8.00. The molecular formula is C27H36N8O2S. The Balaban J connectivity index is 1.25. The topological polar surface area (TPSA) is 116 Å². The summed E-state index contributed by atoms with van der Waals surface area (Å²) in [7, 11) is 0. The standard InChI is InChI=1S/C27H36N8O2S/c1-17-12-19-20(14-29-15-22(19)30-17)24-31-21-13-18(38-23(21)25(32-24)34-8-10-37-11-9-34)16-33-4-6-35(7-5-33)27(2,3)26(28)36/h12,14-15,18,30H,4-11,13,16H2,1-3H3,(H2,28,36). The second kappa shape index (κ2) is 10.1. The molecule has 0 radical (unpaired) electrons. The summed E-state index contributed by atoms with van der Waals surface area (Å²) in [6, 6.07) is 2.15. The minimum Gasteiger partial charge on any atom is -0.378 e. The summed E-state index contributed by atoms with van der Waals surface area (Å²) in [5.41, 5.74) is 9.23. The van der Waals surface area contributed by atoms with Crippen LogP contribution < -0.4 is 10.6 Å². The van der Waals surface area contributed by atoms with Crippen LogP contribution in [-0.2, 0) is 16.0 Å². The van der Waals surface area contributed by atoms with Gasteiger partial charge in [0.15, 0.2) is 5.82 Å². The van der Waals surface area contributed by atoms with Crippen LogP contribution in [0.3, 0.4) is 0 Å². The monoisotopic (exact) mass is 536 g/mol. The molecule has 3 aromatic heterocycles. The lowest BCUT2D eigenvalue weighted by molar-refractivity contribution is -0.129. The van der Waals surface area contributed by atoms with Crippen LogP contribution in [0, 0.1) is 6.92 Å². The smallest absolute Gasteiger partial charge is 0.237 e. The van der Waals surface area contributed by atoms with Gasteiger partial charge in [-0.1, -0.05) is 0 Å². The molecular weight excluding hydrogens is 500 g/mol. The molecule has 2 fully saturated rings. The van der Waals surface area contributed by atoms with Gasteiger partial charge in [-0.25, -0.2) is 9.97 Å². The van der Waals surface area contributed by atoms with E-state index >= 15 is 0 Å². The minimum atomic E-state index is -0.612. The van der Waals surface area contributed by atoms with Crippen molar-refractivity contribution < 1.29 is 9.53 Å². The van der Waals surface area contributed by atoms with Crippen LogP contribution in [0.5, 0.6) is 0 Å². The van der Waals surface area contributed by atoms with E-state index in [4.69, 9.17) is 20.4 Å². The molecule has 1 amide bonds. The van der Waals surface area contributed by atoms with Crippen molar-refractivity contribution in [3.63, 3.8) is 0 Å². The summed E-state index contributed by atoms with van der Waals surface area (Å²) in [4.78, 5) is 38.3. The lowest BCUT2D eigenvalue weighted by Gasteiger charge is -2.42. The predicted molar refractivity (Wildman–Crippen MR) is 150 cm³/mol. The number of fused-ring (bicyclic) bond motifs is 2. The Bertz CT molecular complexity index is 1340. The lowest BCUT2D eigenvalue weighted by atomic mass is 10.0. The third-order valence-electron chi connectivity index (χ3n) is 8.08. The number of anilines is 1. The molecule has 0 bridgehead atoms. The summed E-state index contributed by atoms with van der Waals surface area (Å²) in [6.45, 7) is 13.5. The van der Waals surface area contributed by atoms with Gasteiger partial charge in [0.05, 0.1) is 41.1 Å². The van der Waals surface area contributed by atoms with Gasteiger partial charge < -0.3 is 20.4 Å². The fourth-order valence-electron chi connectivity index (χ4n) is 5.68. The van der Waals surface area contributed by atoms with Crippen molar-refractivity contribution in [2.75, 3.05) is 63.9 Å². The first-order chi connectivity index (χ1) is 18.3. The highest BCUT2D eigenvalue weighted by atomic mass is 32.2. The van der Waals surface area contributed by atoms with Gasteiger partial charge in [-0.2, -0.15) is 0 Å². The van der Waals surface area contributed by atoms with E-state index in [2.05, 4.69) is 37.7 Å². The number of amides is 1. The molecule has 202 valence electrons. The number of nitrogens with one attached hydrogen (secondary N) is 1. The highest BCUT2D eigenvalue weighted by Crippen LogP contribution is 2.43. The number of carbonyl (C=O) groups excluding carboxylic acids is 1. The van der Waals surface area contributed by atoms with Gasteiger partial charge >= 0.3 is 0 Å². The van der Waals surface area contributed by atoms with Crippen LogP contribution in [0.4, 0.5) is 5.82 Å². The molecule has 2 saturated heterocycles. The van der Waals surface area contributed by atoms with Gasteiger partial charge in [-0.15, -0.1) is 11.8 Å². The maximum absolute atomic E-state index is 11.9. The molecule has 3 N–H and O–H groups in total. The number of thioether (sulfide) groups is 1. The van der Waals surface area contributed by atoms with Crippen molar-refractivity contribution in [1.82, 2.24) is 29.7 Å². The van der Waals surface area contributed by atoms with Gasteiger partial charge in [-0.3, -0.25) is 19.6 Å². The van der Waals surface area contributed by atoms with E-state index in [9.17, 15) is 4.79 Å². The Hall–Kier alpha value is -2.73. The zero-order chi connectivity index (χ0) is 26.4. The number of aromatic amines is 1. The van der Waals surface area contributed by atoms with Crippen molar-refractivity contribution in [3.05, 3.63) is 29.8 Å². The number of aryl methyl sites for hydroxylation is 1. The number of primary amides is 1. The number of aromatic nitrogens is 4. The number of hydrogen-bond acceptors (Lipinski definition) is 9. The third-order valence-corrected chi connectivity index (χ3v) is 9.39. The molecule has 3 aliphatic rings. The zero-order valence-electron chi connectivity index (χ0n) is 22.4. The number of carbonyl (C=O) groups is 1. The van der Waals surface area contributed by atoms with Crippen LogP contribution in [-0.4, -0.2) is 105 Å².